The standard InChI is InChI=1S/C33H24O4/c1-37-33(36)31-29(25-20-12-5-13-21-25)27(23-16-8-3-9-17-23)26(22-14-6-2-7-15-22)28(30(31)32(34)35)24-18-10-4-11-19-24/h2-21H,1H3,(H,34,35). The van der Waals surface area contributed by atoms with E-state index in [-0.39, 0.29) is 11.1 Å². The van der Waals surface area contributed by atoms with Gasteiger partial charge in [-0.05, 0) is 33.4 Å². The molecule has 4 nitrogen and oxygen atoms in total. The Morgan fingerprint density at radius 1 is 0.486 bits per heavy atom. The molecule has 0 unspecified atom stereocenters. The van der Waals surface area contributed by atoms with E-state index in [1.807, 2.05) is 121 Å². The Morgan fingerprint density at radius 3 is 1.08 bits per heavy atom. The highest BCUT2D eigenvalue weighted by molar-refractivity contribution is 6.19. The number of rotatable bonds is 6. The Kier molecular flexibility index (Phi) is 6.64. The topological polar surface area (TPSA) is 63.6 Å². The van der Waals surface area contributed by atoms with Gasteiger partial charge in [0, 0.05) is 11.1 Å². The first-order chi connectivity index (χ1) is 18.1. The maximum Gasteiger partial charge on any atom is 0.339 e. The molecule has 0 saturated carbocycles. The maximum atomic E-state index is 13.5. The second-order valence-corrected chi connectivity index (χ2v) is 8.51. The van der Waals surface area contributed by atoms with Crippen molar-refractivity contribution >= 4 is 11.9 Å². The molecule has 0 aliphatic heterocycles. The van der Waals surface area contributed by atoms with Gasteiger partial charge in [0.25, 0.3) is 0 Å². The van der Waals surface area contributed by atoms with Gasteiger partial charge in [0.2, 0.25) is 0 Å². The van der Waals surface area contributed by atoms with E-state index in [9.17, 15) is 14.7 Å². The highest BCUT2D eigenvalue weighted by atomic mass is 16.5. The van der Waals surface area contributed by atoms with E-state index in [4.69, 9.17) is 4.74 Å². The van der Waals surface area contributed by atoms with E-state index in [2.05, 4.69) is 0 Å². The van der Waals surface area contributed by atoms with Crippen LogP contribution in [0, 0.1) is 0 Å². The first kappa shape index (κ1) is 23.8. The zero-order valence-electron chi connectivity index (χ0n) is 20.2. The third kappa shape index (κ3) is 4.41. The molecule has 0 heterocycles. The Balaban J connectivity index is 2.13. The molecule has 0 aromatic heterocycles. The molecule has 0 amide bonds. The molecule has 0 saturated heterocycles. The summed E-state index contributed by atoms with van der Waals surface area (Å²) in [4.78, 5) is 26.5. The molecule has 180 valence electrons. The van der Waals surface area contributed by atoms with Gasteiger partial charge in [0.15, 0.2) is 0 Å². The molecule has 4 heteroatoms. The lowest BCUT2D eigenvalue weighted by Crippen LogP contribution is -2.16. The highest BCUT2D eigenvalue weighted by Crippen LogP contribution is 2.49. The van der Waals surface area contributed by atoms with Crippen molar-refractivity contribution in [2.24, 2.45) is 0 Å². The van der Waals surface area contributed by atoms with E-state index < -0.39 is 11.9 Å². The summed E-state index contributed by atoms with van der Waals surface area (Å²) in [5.41, 5.74) is 5.56. The van der Waals surface area contributed by atoms with Crippen LogP contribution in [0.2, 0.25) is 0 Å². The molecule has 5 aromatic rings. The number of hydrogen-bond acceptors (Lipinski definition) is 3. The molecule has 0 atom stereocenters. The zero-order valence-corrected chi connectivity index (χ0v) is 20.2. The molecule has 0 spiro atoms. The molecule has 5 aromatic carbocycles. The van der Waals surface area contributed by atoms with Crippen molar-refractivity contribution in [3.8, 4) is 44.5 Å². The first-order valence-electron chi connectivity index (χ1n) is 11.9. The van der Waals surface area contributed by atoms with Crippen LogP contribution in [0.25, 0.3) is 44.5 Å². The van der Waals surface area contributed by atoms with Crippen LogP contribution in [-0.4, -0.2) is 24.2 Å². The van der Waals surface area contributed by atoms with Gasteiger partial charge in [-0.3, -0.25) is 0 Å². The van der Waals surface area contributed by atoms with Crippen molar-refractivity contribution in [2.45, 2.75) is 0 Å². The smallest absolute Gasteiger partial charge is 0.339 e. The number of carboxylic acid groups (broad SMARTS) is 1. The molecule has 0 fully saturated rings. The average Bonchev–Trinajstić information content (AvgIpc) is 2.97. The fourth-order valence-corrected chi connectivity index (χ4v) is 4.84. The molecule has 0 radical (unpaired) electrons. The van der Waals surface area contributed by atoms with Gasteiger partial charge in [-0.2, -0.15) is 0 Å². The van der Waals surface area contributed by atoms with E-state index in [1.165, 1.54) is 7.11 Å². The van der Waals surface area contributed by atoms with Crippen LogP contribution in [0.15, 0.2) is 121 Å². The van der Waals surface area contributed by atoms with Crippen molar-refractivity contribution in [3.05, 3.63) is 132 Å². The molecule has 37 heavy (non-hydrogen) atoms. The quantitative estimate of drug-likeness (QED) is 0.249. The van der Waals surface area contributed by atoms with Gasteiger partial charge in [0.1, 0.15) is 0 Å². The number of carboxylic acids is 1. The highest BCUT2D eigenvalue weighted by Gasteiger charge is 2.33. The molecule has 1 N–H and O–H groups in total. The first-order valence-corrected chi connectivity index (χ1v) is 11.9. The van der Waals surface area contributed by atoms with E-state index in [1.54, 1.807) is 0 Å². The molecular formula is C33H24O4. The fraction of sp³-hybridized carbons (Fsp3) is 0.0303. The number of carbonyl (C=O) groups excluding carboxylic acids is 1. The molecule has 0 aliphatic rings. The summed E-state index contributed by atoms with van der Waals surface area (Å²) in [6, 6.07) is 38.2. The summed E-state index contributed by atoms with van der Waals surface area (Å²) in [7, 11) is 1.28. The molecule has 5 rings (SSSR count). The Hall–Kier alpha value is -4.96. The van der Waals surface area contributed by atoms with Crippen molar-refractivity contribution in [2.75, 3.05) is 7.11 Å². The second-order valence-electron chi connectivity index (χ2n) is 8.51. The van der Waals surface area contributed by atoms with Crippen LogP contribution in [0.1, 0.15) is 20.7 Å². The molecule has 0 bridgehead atoms. The summed E-state index contributed by atoms with van der Waals surface area (Å²) in [5, 5.41) is 10.6. The second kappa shape index (κ2) is 10.3. The summed E-state index contributed by atoms with van der Waals surface area (Å²) >= 11 is 0. The Labute approximate surface area is 215 Å². The monoisotopic (exact) mass is 484 g/mol. The third-order valence-corrected chi connectivity index (χ3v) is 6.35. The van der Waals surface area contributed by atoms with Crippen molar-refractivity contribution in [3.63, 3.8) is 0 Å². The van der Waals surface area contributed by atoms with Gasteiger partial charge in [0.05, 0.1) is 18.2 Å². The lowest BCUT2D eigenvalue weighted by Gasteiger charge is -2.25. The van der Waals surface area contributed by atoms with E-state index in [0.717, 1.165) is 27.8 Å². The Bertz CT molecular complexity index is 1560. The summed E-state index contributed by atoms with van der Waals surface area (Å²) < 4.78 is 5.21. The minimum absolute atomic E-state index is 0.0265. The van der Waals surface area contributed by atoms with E-state index in [0.29, 0.717) is 16.7 Å². The number of carbonyl (C=O) groups is 2. The van der Waals surface area contributed by atoms with Gasteiger partial charge < -0.3 is 9.84 Å². The van der Waals surface area contributed by atoms with Gasteiger partial charge in [-0.15, -0.1) is 0 Å². The van der Waals surface area contributed by atoms with Crippen molar-refractivity contribution in [1.82, 2.24) is 0 Å². The number of ether oxygens (including phenoxy) is 1. The number of hydrogen-bond donors (Lipinski definition) is 1. The fourth-order valence-electron chi connectivity index (χ4n) is 4.84. The minimum atomic E-state index is -1.20. The zero-order chi connectivity index (χ0) is 25.8. The predicted octanol–water partition coefficient (Wildman–Crippen LogP) is 7.84. The molecular weight excluding hydrogens is 460 g/mol. The number of benzene rings is 5. The Morgan fingerprint density at radius 2 is 0.784 bits per heavy atom. The van der Waals surface area contributed by atoms with Crippen molar-refractivity contribution in [1.29, 1.82) is 0 Å². The van der Waals surface area contributed by atoms with Crippen LogP contribution < -0.4 is 0 Å². The van der Waals surface area contributed by atoms with E-state index >= 15 is 0 Å². The maximum absolute atomic E-state index is 13.5. The largest absolute Gasteiger partial charge is 0.478 e. The van der Waals surface area contributed by atoms with Gasteiger partial charge >= 0.3 is 11.9 Å². The van der Waals surface area contributed by atoms with Crippen LogP contribution in [0.4, 0.5) is 0 Å². The normalized spacial score (nSPS) is 10.6. The van der Waals surface area contributed by atoms with Crippen LogP contribution in [0.3, 0.4) is 0 Å². The summed E-state index contributed by atoms with van der Waals surface area (Å²) in [5.74, 6) is -1.90. The predicted molar refractivity (Wildman–Crippen MR) is 146 cm³/mol. The van der Waals surface area contributed by atoms with Gasteiger partial charge in [-0.25, -0.2) is 9.59 Å². The average molecular weight is 485 g/mol. The molecule has 0 aliphatic carbocycles. The van der Waals surface area contributed by atoms with Crippen LogP contribution in [0.5, 0.6) is 0 Å². The third-order valence-electron chi connectivity index (χ3n) is 6.35. The van der Waals surface area contributed by atoms with Crippen LogP contribution >= 0.6 is 0 Å². The summed E-state index contributed by atoms with van der Waals surface area (Å²) in [6.07, 6.45) is 0. The number of methoxy groups -OCH3 is 1. The van der Waals surface area contributed by atoms with Crippen molar-refractivity contribution < 1.29 is 19.4 Å². The van der Waals surface area contributed by atoms with Crippen LogP contribution in [-0.2, 0) is 4.74 Å². The van der Waals surface area contributed by atoms with Gasteiger partial charge in [-0.1, -0.05) is 121 Å². The lowest BCUT2D eigenvalue weighted by atomic mass is 9.77. The number of aromatic carboxylic acids is 1. The lowest BCUT2D eigenvalue weighted by molar-refractivity contribution is 0.0584. The number of esters is 1. The minimum Gasteiger partial charge on any atom is -0.478 e. The summed E-state index contributed by atoms with van der Waals surface area (Å²) in [6.45, 7) is 0. The SMILES string of the molecule is COC(=O)c1c(C(=O)O)c(-c2ccccc2)c(-c2ccccc2)c(-c2ccccc2)c1-c1ccccc1.